The fourth-order valence-electron chi connectivity index (χ4n) is 8.47. The molecule has 4 aliphatic heterocycles. The highest BCUT2D eigenvalue weighted by atomic mass is 16.7. The first kappa shape index (κ1) is 45.2. The van der Waals surface area contributed by atoms with E-state index in [9.17, 15) is 33.6 Å². The largest absolute Gasteiger partial charge is 0.494 e. The van der Waals surface area contributed by atoms with Gasteiger partial charge in [-0.05, 0) is 75.6 Å². The van der Waals surface area contributed by atoms with Crippen LogP contribution in [0.5, 0.6) is 5.75 Å². The molecule has 5 aliphatic rings. The number of hydrogen-bond acceptors (Lipinski definition) is 11. The normalized spacial score (nSPS) is 24.4. The van der Waals surface area contributed by atoms with E-state index in [-0.39, 0.29) is 31.2 Å². The Hall–Kier alpha value is -5.35. The van der Waals surface area contributed by atoms with Gasteiger partial charge in [-0.2, -0.15) is 0 Å². The Labute approximate surface area is 356 Å². The van der Waals surface area contributed by atoms with Crippen LogP contribution in [0.15, 0.2) is 54.6 Å². The zero-order valence-corrected chi connectivity index (χ0v) is 35.4. The molecule has 2 aromatic rings. The van der Waals surface area contributed by atoms with Gasteiger partial charge in [-0.1, -0.05) is 75.1 Å². The van der Waals surface area contributed by atoms with Crippen LogP contribution in [0.1, 0.15) is 103 Å². The van der Waals surface area contributed by atoms with Gasteiger partial charge in [0.1, 0.15) is 35.6 Å². The number of ether oxygens (including phenoxy) is 4. The lowest BCUT2D eigenvalue weighted by molar-refractivity contribution is -0.158. The lowest BCUT2D eigenvalue weighted by Gasteiger charge is -2.35. The summed E-state index contributed by atoms with van der Waals surface area (Å²) in [5.74, 6) is -4.61. The van der Waals surface area contributed by atoms with Crippen molar-refractivity contribution in [3.63, 3.8) is 0 Å². The molecular weight excluding hydrogens is 787 g/mol. The predicted molar refractivity (Wildman–Crippen MR) is 220 cm³/mol. The van der Waals surface area contributed by atoms with Crippen molar-refractivity contribution in [1.82, 2.24) is 26.2 Å². The van der Waals surface area contributed by atoms with Crippen LogP contribution >= 0.6 is 0 Å². The molecule has 1 unspecified atom stereocenters. The van der Waals surface area contributed by atoms with E-state index in [1.807, 2.05) is 24.3 Å². The molecule has 3 fully saturated rings. The van der Waals surface area contributed by atoms with E-state index in [4.69, 9.17) is 18.9 Å². The molecule has 16 heteroatoms. The van der Waals surface area contributed by atoms with E-state index < -0.39 is 90.2 Å². The molecule has 0 aromatic heterocycles. The number of rotatable bonds is 12. The Morgan fingerprint density at radius 3 is 2.39 bits per heavy atom. The highest BCUT2D eigenvalue weighted by Gasteiger charge is 2.56. The molecule has 4 N–H and O–H groups in total. The summed E-state index contributed by atoms with van der Waals surface area (Å²) in [4.78, 5) is 97.3. The maximum absolute atomic E-state index is 14.7. The van der Waals surface area contributed by atoms with Crippen LogP contribution in [0.2, 0.25) is 0 Å². The van der Waals surface area contributed by atoms with E-state index >= 15 is 0 Å². The zero-order chi connectivity index (χ0) is 43.7. The van der Waals surface area contributed by atoms with Crippen LogP contribution in [0.25, 0.3) is 0 Å². The molecule has 0 spiro atoms. The Morgan fingerprint density at radius 2 is 1.67 bits per heavy atom. The molecule has 0 radical (unpaired) electrons. The van der Waals surface area contributed by atoms with E-state index in [1.165, 1.54) is 4.90 Å². The van der Waals surface area contributed by atoms with Crippen molar-refractivity contribution < 1.29 is 52.5 Å². The topological polar surface area (TPSA) is 208 Å². The molecule has 7 atom stereocenters. The second-order valence-electron chi connectivity index (χ2n) is 17.2. The number of ketones is 1. The van der Waals surface area contributed by atoms with Crippen molar-refractivity contribution in [1.29, 1.82) is 0 Å². The molecule has 2 aromatic carbocycles. The third-order valence-corrected chi connectivity index (χ3v) is 11.3. The minimum Gasteiger partial charge on any atom is -0.494 e. The van der Waals surface area contributed by atoms with Gasteiger partial charge in [-0.25, -0.2) is 4.79 Å². The minimum absolute atomic E-state index is 0.0176. The van der Waals surface area contributed by atoms with Crippen molar-refractivity contribution >= 4 is 41.3 Å². The Morgan fingerprint density at radius 1 is 0.918 bits per heavy atom. The summed E-state index contributed by atoms with van der Waals surface area (Å²) >= 11 is 0. The number of hydrogen-bond donors (Lipinski definition) is 4. The third kappa shape index (κ3) is 11.9. The summed E-state index contributed by atoms with van der Waals surface area (Å²) in [7, 11) is 0. The van der Waals surface area contributed by atoms with Crippen LogP contribution in [-0.2, 0) is 54.2 Å². The van der Waals surface area contributed by atoms with Gasteiger partial charge in [0.15, 0.2) is 12.3 Å². The molecule has 1 aliphatic carbocycles. The Bertz CT molecular complexity index is 1910. The lowest BCUT2D eigenvalue weighted by Crippen LogP contribution is -2.60. The molecule has 7 rings (SSSR count). The monoisotopic (exact) mass is 845 g/mol. The SMILES string of the molecule is CCC[C@@H](NC(=O)[C@@H]1[C@H]2OC3CCCOc4cccc(c4)CC(=O)N[C@@H](C4CCCCC4)C(=O)N1C[C@@H]2O3)C(=O)C(=O)NCC(=O)N[C@H](C(=O)OC(C)(C)C)c1ccccc1. The van der Waals surface area contributed by atoms with Crippen LogP contribution in [0.4, 0.5) is 0 Å². The standard InChI is InChI=1S/C45H59N5O11/c1-5-14-31(39(53)42(55)46-25-34(52)49-37(29-18-10-7-11-19-29)44(57)61-45(2,3)4)47-41(54)38-40-32-26-50(38)43(56)36(28-16-8-6-9-17-28)48-33(51)24-27-15-12-20-30(23-27)58-22-13-21-35(59-32)60-40/h7,10-12,15,18-20,23,28,31-32,35-38,40H,5-6,8-9,13-14,16-17,21-22,24-26H2,1-4H3,(H,46,55)(H,47,54)(H,48,51)(H,49,52)/t31-,32+,35?,36+,37+,38+,40+/m1/s1. The van der Waals surface area contributed by atoms with Crippen LogP contribution < -0.4 is 26.0 Å². The predicted octanol–water partition coefficient (Wildman–Crippen LogP) is 2.96. The number of fused-ring (bicyclic) bond motifs is 7. The number of esters is 1. The van der Waals surface area contributed by atoms with Gasteiger partial charge in [-0.15, -0.1) is 0 Å². The Kier molecular flexibility index (Phi) is 15.2. The van der Waals surface area contributed by atoms with Crippen molar-refractivity contribution in [3.05, 3.63) is 65.7 Å². The second kappa shape index (κ2) is 20.5. The van der Waals surface area contributed by atoms with Gasteiger partial charge >= 0.3 is 5.97 Å². The van der Waals surface area contributed by atoms with Gasteiger partial charge in [-0.3, -0.25) is 28.8 Å². The zero-order valence-electron chi connectivity index (χ0n) is 35.4. The Balaban J connectivity index is 1.17. The number of Topliss-reactive ketones (excluding diaryl/α,β-unsaturated/α-hetero) is 1. The summed E-state index contributed by atoms with van der Waals surface area (Å²) in [6, 6.07) is 11.1. The highest BCUT2D eigenvalue weighted by Crippen LogP contribution is 2.36. The van der Waals surface area contributed by atoms with Crippen LogP contribution in [0.3, 0.4) is 0 Å². The fourth-order valence-corrected chi connectivity index (χ4v) is 8.47. The number of benzene rings is 2. The van der Waals surface area contributed by atoms with Gasteiger partial charge in [0.05, 0.1) is 32.2 Å². The van der Waals surface area contributed by atoms with Gasteiger partial charge < -0.3 is 45.1 Å². The smallest absolute Gasteiger partial charge is 0.333 e. The first-order valence-corrected chi connectivity index (χ1v) is 21.5. The molecule has 1 saturated carbocycles. The van der Waals surface area contributed by atoms with Crippen molar-refractivity contribution in [2.45, 2.75) is 140 Å². The summed E-state index contributed by atoms with van der Waals surface area (Å²) in [6.45, 7) is 6.61. The van der Waals surface area contributed by atoms with Gasteiger partial charge in [0, 0.05) is 6.42 Å². The lowest BCUT2D eigenvalue weighted by atomic mass is 9.83. The molecule has 330 valence electrons. The number of amides is 5. The summed E-state index contributed by atoms with van der Waals surface area (Å²) in [5.41, 5.74) is 0.359. The number of nitrogens with one attached hydrogen (secondary N) is 4. The molecular formula is C45H59N5O11. The van der Waals surface area contributed by atoms with E-state index in [2.05, 4.69) is 21.3 Å². The van der Waals surface area contributed by atoms with Gasteiger partial charge in [0.25, 0.3) is 5.91 Å². The molecule has 61 heavy (non-hydrogen) atoms. The molecule has 2 saturated heterocycles. The quantitative estimate of drug-likeness (QED) is 0.181. The fraction of sp³-hybridized carbons (Fsp3) is 0.578. The van der Waals surface area contributed by atoms with E-state index in [0.717, 1.165) is 37.7 Å². The summed E-state index contributed by atoms with van der Waals surface area (Å²) < 4.78 is 24.1. The second-order valence-corrected chi connectivity index (χ2v) is 17.2. The molecule has 16 nitrogen and oxygen atoms in total. The van der Waals surface area contributed by atoms with Gasteiger partial charge in [0.2, 0.25) is 29.4 Å². The number of nitrogens with zero attached hydrogens (tertiary/aromatic N) is 1. The maximum Gasteiger partial charge on any atom is 0.333 e. The molecule has 5 amide bonds. The average Bonchev–Trinajstić information content (AvgIpc) is 3.79. The van der Waals surface area contributed by atoms with E-state index in [0.29, 0.717) is 37.2 Å². The van der Waals surface area contributed by atoms with Crippen molar-refractivity contribution in [3.8, 4) is 5.75 Å². The van der Waals surface area contributed by atoms with Crippen LogP contribution in [0, 0.1) is 5.92 Å². The first-order chi connectivity index (χ1) is 29.2. The minimum atomic E-state index is -1.31. The molecule has 6 bridgehead atoms. The third-order valence-electron chi connectivity index (χ3n) is 11.3. The van der Waals surface area contributed by atoms with Crippen molar-refractivity contribution in [2.24, 2.45) is 5.92 Å². The average molecular weight is 846 g/mol. The summed E-state index contributed by atoms with van der Waals surface area (Å²) in [6.07, 6.45) is 3.55. The highest BCUT2D eigenvalue weighted by molar-refractivity contribution is 6.38. The maximum atomic E-state index is 14.7. The van der Waals surface area contributed by atoms with E-state index in [1.54, 1.807) is 58.0 Å². The summed E-state index contributed by atoms with van der Waals surface area (Å²) in [5, 5.41) is 10.6. The van der Waals surface area contributed by atoms with Crippen molar-refractivity contribution in [2.75, 3.05) is 19.7 Å². The number of carbonyl (C=O) groups is 7. The van der Waals surface area contributed by atoms with Crippen LogP contribution in [-0.4, -0.2) is 108 Å². The first-order valence-electron chi connectivity index (χ1n) is 21.5. The number of carbonyl (C=O) groups excluding carboxylic acids is 7. The molecule has 4 heterocycles.